The summed E-state index contributed by atoms with van der Waals surface area (Å²) in [5, 5.41) is 16.1. The molecular weight excluding hydrogens is 262 g/mol. The smallest absolute Gasteiger partial charge is 0.327 e. The Labute approximate surface area is 114 Å². The average Bonchev–Trinajstić information content (AvgIpc) is 2.86. The van der Waals surface area contributed by atoms with E-state index in [0.717, 1.165) is 0 Å². The van der Waals surface area contributed by atoms with Crippen LogP contribution in [0.1, 0.15) is 10.4 Å². The Morgan fingerprint density at radius 1 is 1.40 bits per heavy atom. The molecule has 0 saturated heterocycles. The number of methoxy groups -OCH3 is 1. The zero-order valence-electron chi connectivity index (χ0n) is 10.7. The average molecular weight is 275 g/mol. The molecule has 0 unspecified atom stereocenters. The van der Waals surface area contributed by atoms with E-state index in [1.54, 1.807) is 12.1 Å². The number of anilines is 1. The quantitative estimate of drug-likeness (QED) is 0.812. The van der Waals surface area contributed by atoms with Crippen molar-refractivity contribution in [1.82, 2.24) is 9.78 Å². The Bertz CT molecular complexity index is 636. The number of nitrogens with one attached hydrogen (secondary N) is 1. The number of phenols is 1. The Hall–Kier alpha value is -2.83. The summed E-state index contributed by atoms with van der Waals surface area (Å²) in [7, 11) is 1.28. The lowest BCUT2D eigenvalue weighted by atomic mass is 10.2. The maximum atomic E-state index is 11.9. The largest absolute Gasteiger partial charge is 0.507 e. The van der Waals surface area contributed by atoms with Gasteiger partial charge in [-0.1, -0.05) is 12.1 Å². The summed E-state index contributed by atoms with van der Waals surface area (Å²) in [6, 6.07) is 6.20. The molecule has 2 rings (SSSR count). The first-order valence-corrected chi connectivity index (χ1v) is 5.79. The molecule has 0 aliphatic heterocycles. The highest BCUT2D eigenvalue weighted by molar-refractivity contribution is 6.05. The molecule has 0 aliphatic rings. The first kappa shape index (κ1) is 13.6. The zero-order chi connectivity index (χ0) is 14.5. The van der Waals surface area contributed by atoms with E-state index in [9.17, 15) is 14.7 Å². The summed E-state index contributed by atoms with van der Waals surface area (Å²) in [5.41, 5.74) is 0.579. The second kappa shape index (κ2) is 5.87. The topological polar surface area (TPSA) is 93.5 Å². The van der Waals surface area contributed by atoms with Crippen molar-refractivity contribution in [3.8, 4) is 5.75 Å². The summed E-state index contributed by atoms with van der Waals surface area (Å²) in [4.78, 5) is 23.0. The SMILES string of the molecule is COC(=O)Cn1cc(NC(=O)c2ccccc2O)cn1. The molecule has 0 fully saturated rings. The highest BCUT2D eigenvalue weighted by Gasteiger charge is 2.12. The number of aromatic nitrogens is 2. The molecule has 0 spiro atoms. The van der Waals surface area contributed by atoms with E-state index in [1.807, 2.05) is 0 Å². The number of carbonyl (C=O) groups excluding carboxylic acids is 2. The maximum Gasteiger partial charge on any atom is 0.327 e. The van der Waals surface area contributed by atoms with E-state index in [4.69, 9.17) is 0 Å². The van der Waals surface area contributed by atoms with Crippen LogP contribution in [-0.2, 0) is 16.1 Å². The van der Waals surface area contributed by atoms with Gasteiger partial charge in [0.2, 0.25) is 0 Å². The number of carbonyl (C=O) groups is 2. The fourth-order valence-corrected chi connectivity index (χ4v) is 1.58. The first-order chi connectivity index (χ1) is 9.60. The number of para-hydroxylation sites is 1. The van der Waals surface area contributed by atoms with Gasteiger partial charge in [-0.15, -0.1) is 0 Å². The number of benzene rings is 1. The molecule has 20 heavy (non-hydrogen) atoms. The summed E-state index contributed by atoms with van der Waals surface area (Å²) in [6.07, 6.45) is 2.90. The Kier molecular flexibility index (Phi) is 3.99. The van der Waals surface area contributed by atoms with Crippen LogP contribution < -0.4 is 5.32 Å². The molecule has 1 amide bonds. The maximum absolute atomic E-state index is 11.9. The number of rotatable bonds is 4. The van der Waals surface area contributed by atoms with Crippen molar-refractivity contribution < 1.29 is 19.4 Å². The molecule has 2 N–H and O–H groups in total. The number of amides is 1. The number of phenolic OH excluding ortho intramolecular Hbond substituents is 1. The van der Waals surface area contributed by atoms with E-state index in [0.29, 0.717) is 5.69 Å². The minimum Gasteiger partial charge on any atom is -0.507 e. The molecule has 2 aromatic rings. The second-order valence-corrected chi connectivity index (χ2v) is 3.97. The van der Waals surface area contributed by atoms with Crippen molar-refractivity contribution >= 4 is 17.6 Å². The van der Waals surface area contributed by atoms with Crippen LogP contribution in [-0.4, -0.2) is 33.9 Å². The number of ether oxygens (including phenoxy) is 1. The third-order valence-electron chi connectivity index (χ3n) is 2.56. The Balaban J connectivity index is 2.05. The molecule has 0 saturated carbocycles. The lowest BCUT2D eigenvalue weighted by Crippen LogP contribution is -2.13. The van der Waals surface area contributed by atoms with Crippen LogP contribution in [0.15, 0.2) is 36.7 Å². The van der Waals surface area contributed by atoms with Crippen LogP contribution in [0.25, 0.3) is 0 Å². The fraction of sp³-hybridized carbons (Fsp3) is 0.154. The van der Waals surface area contributed by atoms with Crippen LogP contribution >= 0.6 is 0 Å². The zero-order valence-corrected chi connectivity index (χ0v) is 10.7. The minimum absolute atomic E-state index is 0.0387. The van der Waals surface area contributed by atoms with E-state index < -0.39 is 11.9 Å². The number of esters is 1. The lowest BCUT2D eigenvalue weighted by molar-refractivity contribution is -0.141. The van der Waals surface area contributed by atoms with E-state index in [1.165, 1.54) is 36.3 Å². The molecule has 1 aromatic carbocycles. The third-order valence-corrected chi connectivity index (χ3v) is 2.56. The number of hydrogen-bond acceptors (Lipinski definition) is 5. The van der Waals surface area contributed by atoms with Gasteiger partial charge in [-0.05, 0) is 12.1 Å². The normalized spacial score (nSPS) is 10.1. The van der Waals surface area contributed by atoms with Crippen LogP contribution in [0.4, 0.5) is 5.69 Å². The lowest BCUT2D eigenvalue weighted by Gasteiger charge is -2.04. The summed E-state index contributed by atoms with van der Waals surface area (Å²) in [5.74, 6) is -1.00. The predicted octanol–water partition coefficient (Wildman–Crippen LogP) is 1.01. The highest BCUT2D eigenvalue weighted by atomic mass is 16.5. The van der Waals surface area contributed by atoms with Crippen LogP contribution in [0.5, 0.6) is 5.75 Å². The van der Waals surface area contributed by atoms with E-state index in [-0.39, 0.29) is 17.9 Å². The van der Waals surface area contributed by atoms with Crippen LogP contribution in [0.2, 0.25) is 0 Å². The van der Waals surface area contributed by atoms with Gasteiger partial charge >= 0.3 is 5.97 Å². The Morgan fingerprint density at radius 2 is 2.15 bits per heavy atom. The summed E-state index contributed by atoms with van der Waals surface area (Å²) < 4.78 is 5.85. The minimum atomic E-state index is -0.458. The van der Waals surface area contributed by atoms with Gasteiger partial charge < -0.3 is 15.2 Å². The molecule has 104 valence electrons. The predicted molar refractivity (Wildman–Crippen MR) is 70.3 cm³/mol. The number of aromatic hydroxyl groups is 1. The molecule has 7 nitrogen and oxygen atoms in total. The molecule has 1 heterocycles. The van der Waals surface area contributed by atoms with Crippen molar-refractivity contribution in [2.75, 3.05) is 12.4 Å². The van der Waals surface area contributed by atoms with Gasteiger partial charge in [-0.2, -0.15) is 5.10 Å². The second-order valence-electron chi connectivity index (χ2n) is 3.97. The molecule has 1 aromatic heterocycles. The third kappa shape index (κ3) is 3.14. The molecular formula is C13H13N3O4. The monoisotopic (exact) mass is 275 g/mol. The van der Waals surface area contributed by atoms with Crippen LogP contribution in [0.3, 0.4) is 0 Å². The molecule has 0 radical (unpaired) electrons. The Morgan fingerprint density at radius 3 is 2.85 bits per heavy atom. The van der Waals surface area contributed by atoms with Gasteiger partial charge in [-0.3, -0.25) is 14.3 Å². The van der Waals surface area contributed by atoms with Crippen molar-refractivity contribution in [3.63, 3.8) is 0 Å². The highest BCUT2D eigenvalue weighted by Crippen LogP contribution is 2.17. The number of nitrogens with zero attached hydrogens (tertiary/aromatic N) is 2. The van der Waals surface area contributed by atoms with Gasteiger partial charge in [0.1, 0.15) is 12.3 Å². The van der Waals surface area contributed by atoms with E-state index >= 15 is 0 Å². The van der Waals surface area contributed by atoms with Crippen molar-refractivity contribution in [3.05, 3.63) is 42.2 Å². The van der Waals surface area contributed by atoms with Gasteiger partial charge in [0, 0.05) is 6.20 Å². The summed E-state index contributed by atoms with van der Waals surface area (Å²) in [6.45, 7) is -0.0387. The molecule has 0 bridgehead atoms. The van der Waals surface area contributed by atoms with Gasteiger partial charge in [0.05, 0.1) is 24.6 Å². The van der Waals surface area contributed by atoms with Gasteiger partial charge in [0.15, 0.2) is 0 Å². The summed E-state index contributed by atoms with van der Waals surface area (Å²) >= 11 is 0. The molecule has 0 aliphatic carbocycles. The molecule has 0 atom stereocenters. The van der Waals surface area contributed by atoms with Gasteiger partial charge in [0.25, 0.3) is 5.91 Å². The molecule has 7 heteroatoms. The van der Waals surface area contributed by atoms with Crippen molar-refractivity contribution in [2.45, 2.75) is 6.54 Å². The first-order valence-electron chi connectivity index (χ1n) is 5.79. The van der Waals surface area contributed by atoms with E-state index in [2.05, 4.69) is 15.2 Å². The van der Waals surface area contributed by atoms with Crippen molar-refractivity contribution in [1.29, 1.82) is 0 Å². The standard InChI is InChI=1S/C13H13N3O4/c1-20-12(18)8-16-7-9(6-14-16)15-13(19)10-4-2-3-5-11(10)17/h2-7,17H,8H2,1H3,(H,15,19). The van der Waals surface area contributed by atoms with Crippen molar-refractivity contribution in [2.24, 2.45) is 0 Å². The van der Waals surface area contributed by atoms with Crippen LogP contribution in [0, 0.1) is 0 Å². The fourth-order valence-electron chi connectivity index (χ4n) is 1.58. The van der Waals surface area contributed by atoms with Gasteiger partial charge in [-0.25, -0.2) is 0 Å². The number of hydrogen-bond donors (Lipinski definition) is 2.